The van der Waals surface area contributed by atoms with Crippen molar-refractivity contribution in [3.8, 4) is 5.75 Å². The van der Waals surface area contributed by atoms with Crippen molar-refractivity contribution < 1.29 is 14.3 Å². The van der Waals surface area contributed by atoms with E-state index >= 15 is 0 Å². The van der Waals surface area contributed by atoms with Gasteiger partial charge in [-0.05, 0) is 58.0 Å². The van der Waals surface area contributed by atoms with Gasteiger partial charge in [-0.3, -0.25) is 9.59 Å². The van der Waals surface area contributed by atoms with Gasteiger partial charge in [0, 0.05) is 19.5 Å². The van der Waals surface area contributed by atoms with Crippen LogP contribution in [0.2, 0.25) is 0 Å². The lowest BCUT2D eigenvalue weighted by Gasteiger charge is -2.20. The summed E-state index contributed by atoms with van der Waals surface area (Å²) in [7, 11) is 0. The number of nitrogens with one attached hydrogen (secondary N) is 1. The molecule has 2 fully saturated rings. The molecule has 0 radical (unpaired) electrons. The molecule has 2 amide bonds. The molecule has 0 saturated carbocycles. The predicted octanol–water partition coefficient (Wildman–Crippen LogP) is 2.82. The highest BCUT2D eigenvalue weighted by molar-refractivity contribution is 6.01. The van der Waals surface area contributed by atoms with Crippen LogP contribution in [0.5, 0.6) is 5.75 Å². The molecular weight excluding hydrogens is 354 g/mol. The molecule has 0 spiro atoms. The number of hydrogen-bond acceptors (Lipinski definition) is 4. The molecule has 0 bridgehead atoms. The molecule has 0 aromatic heterocycles. The summed E-state index contributed by atoms with van der Waals surface area (Å²) in [5, 5.41) is 3.04. The number of likely N-dealkylation sites (tertiary alicyclic amines) is 1. The average Bonchev–Trinajstić information content (AvgIpc) is 2.90. The molecule has 154 valence electrons. The van der Waals surface area contributed by atoms with Crippen LogP contribution < -0.4 is 15.0 Å². The molecule has 1 atom stereocenters. The Bertz CT molecular complexity index is 656. The number of rotatable bonds is 8. The van der Waals surface area contributed by atoms with E-state index in [0.29, 0.717) is 25.4 Å². The summed E-state index contributed by atoms with van der Waals surface area (Å²) >= 11 is 0. The number of nitrogens with zero attached hydrogens (tertiary/aromatic N) is 2. The van der Waals surface area contributed by atoms with E-state index in [4.69, 9.17) is 4.74 Å². The van der Waals surface area contributed by atoms with Gasteiger partial charge in [0.1, 0.15) is 5.75 Å². The van der Waals surface area contributed by atoms with Gasteiger partial charge in [-0.25, -0.2) is 0 Å². The van der Waals surface area contributed by atoms with E-state index in [1.54, 1.807) is 4.90 Å². The number of benzene rings is 1. The molecule has 1 unspecified atom stereocenters. The summed E-state index contributed by atoms with van der Waals surface area (Å²) in [4.78, 5) is 29.2. The van der Waals surface area contributed by atoms with E-state index in [9.17, 15) is 9.59 Å². The number of anilines is 1. The fourth-order valence-corrected chi connectivity index (χ4v) is 4.09. The molecule has 1 aromatic rings. The van der Waals surface area contributed by atoms with E-state index in [2.05, 4.69) is 10.2 Å². The van der Waals surface area contributed by atoms with Crippen molar-refractivity contribution in [3.05, 3.63) is 24.3 Å². The van der Waals surface area contributed by atoms with Crippen molar-refractivity contribution in [1.82, 2.24) is 10.2 Å². The van der Waals surface area contributed by atoms with Crippen molar-refractivity contribution in [2.75, 3.05) is 44.2 Å². The molecule has 2 saturated heterocycles. The number of para-hydroxylation sites is 2. The molecule has 28 heavy (non-hydrogen) atoms. The first kappa shape index (κ1) is 20.6. The fourth-order valence-electron chi connectivity index (χ4n) is 4.09. The number of ether oxygens (including phenoxy) is 1. The summed E-state index contributed by atoms with van der Waals surface area (Å²) in [5.41, 5.74) is 0.755. The Kier molecular flexibility index (Phi) is 7.71. The Morgan fingerprint density at radius 1 is 1.18 bits per heavy atom. The zero-order valence-electron chi connectivity index (χ0n) is 17.0. The molecule has 2 aliphatic heterocycles. The molecule has 2 aliphatic rings. The van der Waals surface area contributed by atoms with E-state index in [1.165, 1.54) is 38.8 Å². The van der Waals surface area contributed by atoms with Gasteiger partial charge in [-0.2, -0.15) is 0 Å². The second kappa shape index (κ2) is 10.5. The molecule has 1 aromatic carbocycles. The highest BCUT2D eigenvalue weighted by Crippen LogP contribution is 2.33. The fraction of sp³-hybridized carbons (Fsp3) is 0.636. The van der Waals surface area contributed by atoms with Crippen LogP contribution in [0.15, 0.2) is 24.3 Å². The quantitative estimate of drug-likeness (QED) is 0.697. The maximum atomic E-state index is 12.5. The molecule has 6 nitrogen and oxygen atoms in total. The highest BCUT2D eigenvalue weighted by atomic mass is 16.5. The SMILES string of the molecule is CCOc1ccccc1N1CC(C(=O)NCCCN2CCCCCC2)CC1=O. The minimum Gasteiger partial charge on any atom is -0.492 e. The summed E-state index contributed by atoms with van der Waals surface area (Å²) in [6.45, 7) is 6.96. The van der Waals surface area contributed by atoms with Crippen molar-refractivity contribution >= 4 is 17.5 Å². The average molecular weight is 388 g/mol. The van der Waals surface area contributed by atoms with Crippen molar-refractivity contribution in [3.63, 3.8) is 0 Å². The smallest absolute Gasteiger partial charge is 0.227 e. The van der Waals surface area contributed by atoms with Gasteiger partial charge in [0.15, 0.2) is 0 Å². The van der Waals surface area contributed by atoms with Gasteiger partial charge in [0.2, 0.25) is 11.8 Å². The maximum Gasteiger partial charge on any atom is 0.227 e. The van der Waals surface area contributed by atoms with Crippen LogP contribution in [-0.4, -0.2) is 56.0 Å². The van der Waals surface area contributed by atoms with Gasteiger partial charge in [-0.15, -0.1) is 0 Å². The van der Waals surface area contributed by atoms with Crippen LogP contribution >= 0.6 is 0 Å². The van der Waals surface area contributed by atoms with Crippen LogP contribution in [0, 0.1) is 5.92 Å². The van der Waals surface area contributed by atoms with Gasteiger partial charge >= 0.3 is 0 Å². The van der Waals surface area contributed by atoms with E-state index < -0.39 is 0 Å². The van der Waals surface area contributed by atoms with Crippen LogP contribution in [-0.2, 0) is 9.59 Å². The second-order valence-corrected chi connectivity index (χ2v) is 7.71. The van der Waals surface area contributed by atoms with Crippen molar-refractivity contribution in [2.24, 2.45) is 5.92 Å². The van der Waals surface area contributed by atoms with Gasteiger partial charge in [0.05, 0.1) is 18.2 Å². The molecule has 6 heteroatoms. The molecule has 2 heterocycles. The largest absolute Gasteiger partial charge is 0.492 e. The molecule has 3 rings (SSSR count). The highest BCUT2D eigenvalue weighted by Gasteiger charge is 2.36. The molecule has 0 aliphatic carbocycles. The lowest BCUT2D eigenvalue weighted by atomic mass is 10.1. The van der Waals surface area contributed by atoms with E-state index in [1.807, 2.05) is 31.2 Å². The first-order chi connectivity index (χ1) is 13.7. The number of carbonyl (C=O) groups excluding carboxylic acids is 2. The number of hydrogen-bond donors (Lipinski definition) is 1. The van der Waals surface area contributed by atoms with Gasteiger partial charge < -0.3 is 19.9 Å². The monoisotopic (exact) mass is 387 g/mol. The normalized spacial score (nSPS) is 20.8. The summed E-state index contributed by atoms with van der Waals surface area (Å²) in [5.74, 6) is 0.370. The third-order valence-corrected chi connectivity index (χ3v) is 5.60. The van der Waals surface area contributed by atoms with Crippen LogP contribution in [0.1, 0.15) is 45.4 Å². The van der Waals surface area contributed by atoms with Gasteiger partial charge in [0.25, 0.3) is 0 Å². The lowest BCUT2D eigenvalue weighted by Crippen LogP contribution is -2.35. The van der Waals surface area contributed by atoms with Crippen molar-refractivity contribution in [2.45, 2.75) is 45.4 Å². The predicted molar refractivity (Wildman–Crippen MR) is 111 cm³/mol. The summed E-state index contributed by atoms with van der Waals surface area (Å²) in [6, 6.07) is 7.53. The van der Waals surface area contributed by atoms with Crippen LogP contribution in [0.4, 0.5) is 5.69 Å². The minimum atomic E-state index is -0.291. The maximum absolute atomic E-state index is 12.5. The standard InChI is InChI=1S/C22H33N3O3/c1-2-28-20-11-6-5-10-19(20)25-17-18(16-21(25)26)22(27)23-12-9-15-24-13-7-3-4-8-14-24/h5-6,10-11,18H,2-4,7-9,12-17H2,1H3,(H,23,27). The molecular formula is C22H33N3O3. The Morgan fingerprint density at radius 2 is 1.93 bits per heavy atom. The first-order valence-corrected chi connectivity index (χ1v) is 10.7. The second-order valence-electron chi connectivity index (χ2n) is 7.71. The van der Waals surface area contributed by atoms with Crippen LogP contribution in [0.3, 0.4) is 0 Å². The third-order valence-electron chi connectivity index (χ3n) is 5.60. The summed E-state index contributed by atoms with van der Waals surface area (Å²) in [6.07, 6.45) is 6.48. The molecule has 1 N–H and O–H groups in total. The Labute approximate surface area is 168 Å². The van der Waals surface area contributed by atoms with E-state index in [-0.39, 0.29) is 24.2 Å². The topological polar surface area (TPSA) is 61.9 Å². The van der Waals surface area contributed by atoms with E-state index in [0.717, 1.165) is 18.7 Å². The third kappa shape index (κ3) is 5.47. The zero-order chi connectivity index (χ0) is 19.8. The van der Waals surface area contributed by atoms with Gasteiger partial charge in [-0.1, -0.05) is 25.0 Å². The summed E-state index contributed by atoms with van der Waals surface area (Å²) < 4.78 is 5.64. The first-order valence-electron chi connectivity index (χ1n) is 10.7. The Hall–Kier alpha value is -2.08. The lowest BCUT2D eigenvalue weighted by molar-refractivity contribution is -0.126. The van der Waals surface area contributed by atoms with Crippen LogP contribution in [0.25, 0.3) is 0 Å². The Morgan fingerprint density at radius 3 is 2.68 bits per heavy atom. The Balaban J connectivity index is 1.46. The zero-order valence-corrected chi connectivity index (χ0v) is 17.0. The minimum absolute atomic E-state index is 0.0133. The van der Waals surface area contributed by atoms with Crippen molar-refractivity contribution in [1.29, 1.82) is 0 Å². The number of amides is 2. The number of carbonyl (C=O) groups is 2.